The summed E-state index contributed by atoms with van der Waals surface area (Å²) in [6.45, 7) is 5.08. The molecule has 33 heavy (non-hydrogen) atoms. The van der Waals surface area contributed by atoms with Gasteiger partial charge in [-0.2, -0.15) is 4.98 Å². The first-order chi connectivity index (χ1) is 15.8. The zero-order valence-corrected chi connectivity index (χ0v) is 18.7. The van der Waals surface area contributed by atoms with Crippen molar-refractivity contribution in [1.82, 2.24) is 19.9 Å². The molecule has 4 N–H and O–H groups in total. The van der Waals surface area contributed by atoms with Crippen LogP contribution in [0.1, 0.15) is 29.8 Å². The molecule has 1 aromatic carbocycles. The van der Waals surface area contributed by atoms with Crippen molar-refractivity contribution < 1.29 is 13.6 Å². The number of nitrogens with zero attached hydrogens (tertiary/aromatic N) is 5. The molecule has 1 amide bonds. The van der Waals surface area contributed by atoms with Gasteiger partial charge in [-0.25, -0.2) is 15.2 Å². The van der Waals surface area contributed by atoms with Gasteiger partial charge in [0.05, 0.1) is 11.2 Å². The first-order valence-electron chi connectivity index (χ1n) is 10.7. The number of carbonyl (C=O) groups is 1. The maximum atomic E-state index is 13.1. The number of halogens is 1. The number of rotatable bonds is 6. The van der Waals surface area contributed by atoms with E-state index in [4.69, 9.17) is 16.0 Å². The monoisotopic (exact) mass is 453 g/mol. The summed E-state index contributed by atoms with van der Waals surface area (Å²) >= 11 is 0. The van der Waals surface area contributed by atoms with Gasteiger partial charge in [0, 0.05) is 44.1 Å². The van der Waals surface area contributed by atoms with E-state index in [0.29, 0.717) is 60.2 Å². The molecule has 174 valence electrons. The Hall–Kier alpha value is -3.66. The lowest BCUT2D eigenvalue weighted by atomic mass is 10.1. The van der Waals surface area contributed by atoms with Crippen molar-refractivity contribution in [2.24, 2.45) is 11.6 Å². The summed E-state index contributed by atoms with van der Waals surface area (Å²) in [4.78, 5) is 25.4. The Morgan fingerprint density at radius 3 is 2.48 bits per heavy atom. The van der Waals surface area contributed by atoms with E-state index in [9.17, 15) is 9.18 Å². The van der Waals surface area contributed by atoms with Crippen LogP contribution in [0.3, 0.4) is 0 Å². The van der Waals surface area contributed by atoms with E-state index in [1.54, 1.807) is 55.3 Å². The Kier molecular flexibility index (Phi) is 6.19. The van der Waals surface area contributed by atoms with Crippen molar-refractivity contribution in [3.8, 4) is 0 Å². The molecule has 0 atom stereocenters. The van der Waals surface area contributed by atoms with Gasteiger partial charge in [-0.15, -0.1) is 0 Å². The molecule has 9 nitrogen and oxygen atoms in total. The SMILES string of the molecule is CC(C)(CF)N(N)/C=C(\N)c1ccc(C(=O)N2CCN(c3nc4ncccc4o3)CC2)cc1. The molecule has 0 spiro atoms. The van der Waals surface area contributed by atoms with Crippen LogP contribution in [0.25, 0.3) is 16.9 Å². The number of hydrogen-bond acceptors (Lipinski definition) is 8. The number of fused-ring (bicyclic) bond motifs is 1. The summed E-state index contributed by atoms with van der Waals surface area (Å²) in [5, 5.41) is 1.26. The maximum absolute atomic E-state index is 13.1. The van der Waals surface area contributed by atoms with E-state index in [0.717, 1.165) is 0 Å². The molecule has 0 saturated carbocycles. The van der Waals surface area contributed by atoms with Crippen molar-refractivity contribution in [1.29, 1.82) is 0 Å². The van der Waals surface area contributed by atoms with Gasteiger partial charge in [0.2, 0.25) is 5.65 Å². The predicted octanol–water partition coefficient (Wildman–Crippen LogP) is 2.37. The normalized spacial score (nSPS) is 15.2. The molecule has 3 heterocycles. The predicted molar refractivity (Wildman–Crippen MR) is 125 cm³/mol. The molecule has 1 fully saturated rings. The summed E-state index contributed by atoms with van der Waals surface area (Å²) < 4.78 is 18.9. The molecule has 1 aliphatic rings. The quantitative estimate of drug-likeness (QED) is 0.431. The van der Waals surface area contributed by atoms with E-state index < -0.39 is 12.2 Å². The number of anilines is 1. The molecule has 10 heteroatoms. The number of carbonyl (C=O) groups excluding carboxylic acids is 1. The van der Waals surface area contributed by atoms with Crippen LogP contribution in [-0.4, -0.2) is 64.2 Å². The molecular weight excluding hydrogens is 425 g/mol. The van der Waals surface area contributed by atoms with E-state index in [2.05, 4.69) is 9.97 Å². The number of nitrogens with two attached hydrogens (primary N) is 2. The van der Waals surface area contributed by atoms with Crippen molar-refractivity contribution in [3.05, 3.63) is 59.9 Å². The summed E-state index contributed by atoms with van der Waals surface area (Å²) in [5.74, 6) is 5.85. The van der Waals surface area contributed by atoms with Gasteiger partial charge in [-0.1, -0.05) is 12.1 Å². The summed E-state index contributed by atoms with van der Waals surface area (Å²) in [5.41, 5.74) is 8.12. The highest BCUT2D eigenvalue weighted by molar-refractivity contribution is 5.94. The van der Waals surface area contributed by atoms with Crippen LogP contribution in [0.2, 0.25) is 0 Å². The first-order valence-corrected chi connectivity index (χ1v) is 10.7. The second-order valence-corrected chi connectivity index (χ2v) is 8.62. The van der Waals surface area contributed by atoms with Gasteiger partial charge in [0.25, 0.3) is 11.9 Å². The molecule has 0 bridgehead atoms. The number of hydrogen-bond donors (Lipinski definition) is 2. The van der Waals surface area contributed by atoms with Crippen LogP contribution in [-0.2, 0) is 0 Å². The fraction of sp³-hybridized carbons (Fsp3) is 0.348. The lowest BCUT2D eigenvalue weighted by Crippen LogP contribution is -2.48. The Labute approximate surface area is 191 Å². The zero-order chi connectivity index (χ0) is 23.6. The van der Waals surface area contributed by atoms with Crippen LogP contribution in [0.5, 0.6) is 0 Å². The highest BCUT2D eigenvalue weighted by atomic mass is 19.1. The van der Waals surface area contributed by atoms with Crippen LogP contribution in [0.4, 0.5) is 10.4 Å². The number of benzene rings is 1. The van der Waals surface area contributed by atoms with Gasteiger partial charge < -0.3 is 25.0 Å². The van der Waals surface area contributed by atoms with Gasteiger partial charge in [-0.3, -0.25) is 4.79 Å². The Morgan fingerprint density at radius 1 is 1.18 bits per heavy atom. The first kappa shape index (κ1) is 22.5. The highest BCUT2D eigenvalue weighted by Crippen LogP contribution is 2.22. The van der Waals surface area contributed by atoms with Gasteiger partial charge >= 0.3 is 0 Å². The van der Waals surface area contributed by atoms with E-state index in [-0.39, 0.29) is 5.91 Å². The molecule has 0 radical (unpaired) electrons. The largest absolute Gasteiger partial charge is 0.422 e. The Balaban J connectivity index is 1.38. The molecule has 1 aliphatic heterocycles. The maximum Gasteiger partial charge on any atom is 0.300 e. The standard InChI is InChI=1S/C23H28FN7O2/c1-23(2,15-24)31(26)14-18(25)16-5-7-17(8-6-16)21(32)29-10-12-30(13-11-29)22-28-20-19(33-22)4-3-9-27-20/h3-9,14H,10-13,15,25-26H2,1-2H3/b18-14-. The van der Waals surface area contributed by atoms with Crippen molar-refractivity contribution in [2.75, 3.05) is 37.8 Å². The summed E-state index contributed by atoms with van der Waals surface area (Å²) in [6, 6.07) is 11.1. The fourth-order valence-corrected chi connectivity index (χ4v) is 3.45. The lowest BCUT2D eigenvalue weighted by Gasteiger charge is -2.33. The number of oxazole rings is 1. The van der Waals surface area contributed by atoms with E-state index in [1.807, 2.05) is 11.0 Å². The Bertz CT molecular complexity index is 1120. The number of amides is 1. The van der Waals surface area contributed by atoms with Crippen LogP contribution in [0.15, 0.2) is 53.2 Å². The van der Waals surface area contributed by atoms with Crippen LogP contribution < -0.4 is 16.5 Å². The average Bonchev–Trinajstić information content (AvgIpc) is 3.28. The molecule has 0 unspecified atom stereocenters. The minimum Gasteiger partial charge on any atom is -0.422 e. The lowest BCUT2D eigenvalue weighted by molar-refractivity contribution is 0.0745. The van der Waals surface area contributed by atoms with Crippen molar-refractivity contribution in [2.45, 2.75) is 19.4 Å². The van der Waals surface area contributed by atoms with E-state index >= 15 is 0 Å². The average molecular weight is 454 g/mol. The third-order valence-corrected chi connectivity index (χ3v) is 5.76. The molecule has 2 aromatic heterocycles. The summed E-state index contributed by atoms with van der Waals surface area (Å²) in [7, 11) is 0. The minimum atomic E-state index is -0.864. The van der Waals surface area contributed by atoms with Crippen molar-refractivity contribution in [3.63, 3.8) is 0 Å². The molecule has 3 aromatic rings. The van der Waals surface area contributed by atoms with Crippen LogP contribution in [0, 0.1) is 0 Å². The number of alkyl halides is 1. The summed E-state index contributed by atoms with van der Waals surface area (Å²) in [6.07, 6.45) is 3.17. The second-order valence-electron chi connectivity index (χ2n) is 8.62. The van der Waals surface area contributed by atoms with Gasteiger partial charge in [0.15, 0.2) is 5.58 Å². The smallest absolute Gasteiger partial charge is 0.300 e. The third-order valence-electron chi connectivity index (χ3n) is 5.76. The van der Waals surface area contributed by atoms with E-state index in [1.165, 1.54) is 11.2 Å². The van der Waals surface area contributed by atoms with Crippen LogP contribution >= 0.6 is 0 Å². The highest BCUT2D eigenvalue weighted by Gasteiger charge is 2.25. The number of hydrazine groups is 1. The number of aromatic nitrogens is 2. The van der Waals surface area contributed by atoms with Crippen molar-refractivity contribution >= 4 is 28.8 Å². The Morgan fingerprint density at radius 2 is 1.85 bits per heavy atom. The topological polar surface area (TPSA) is 118 Å². The third kappa shape index (κ3) is 4.75. The fourth-order valence-electron chi connectivity index (χ4n) is 3.45. The molecule has 0 aliphatic carbocycles. The number of piperazine rings is 1. The van der Waals surface area contributed by atoms with Gasteiger partial charge in [0.1, 0.15) is 6.67 Å². The molecule has 1 saturated heterocycles. The number of pyridine rings is 1. The van der Waals surface area contributed by atoms with Gasteiger partial charge in [-0.05, 0) is 43.7 Å². The molecular formula is C23H28FN7O2. The second kappa shape index (κ2) is 9.07. The molecule has 4 rings (SSSR count). The zero-order valence-electron chi connectivity index (χ0n) is 18.7. The minimum absolute atomic E-state index is 0.0537.